The van der Waals surface area contributed by atoms with Gasteiger partial charge in [-0.15, -0.1) is 0 Å². The summed E-state index contributed by atoms with van der Waals surface area (Å²) in [4.78, 5) is 0. The van der Waals surface area contributed by atoms with Crippen molar-refractivity contribution >= 4 is 0 Å². The third-order valence-corrected chi connectivity index (χ3v) is 3.10. The second kappa shape index (κ2) is 5.86. The standard InChI is InChI=1S/C15H18O/c16-12-13-7-3-1-2-4-8-14-9-5-6-10-15(14)11-13/h1,3,5-6,9-10,13,16H,2,7-8,11-12H2/b3-1-. The van der Waals surface area contributed by atoms with Crippen molar-refractivity contribution in [3.63, 3.8) is 0 Å². The normalized spacial score (nSPS) is 23.4. The number of benzene rings is 1. The Bertz CT molecular complexity index is 354. The first-order valence-corrected chi connectivity index (χ1v) is 5.93. The van der Waals surface area contributed by atoms with Crippen molar-refractivity contribution in [1.29, 1.82) is 0 Å². The lowest BCUT2D eigenvalue weighted by molar-refractivity contribution is 0.226. The van der Waals surface area contributed by atoms with E-state index in [1.54, 1.807) is 0 Å². The van der Waals surface area contributed by atoms with Gasteiger partial charge in [0, 0.05) is 6.61 Å². The fourth-order valence-corrected chi connectivity index (χ4v) is 2.12. The quantitative estimate of drug-likeness (QED) is 0.713. The van der Waals surface area contributed by atoms with E-state index in [-0.39, 0.29) is 6.61 Å². The van der Waals surface area contributed by atoms with Gasteiger partial charge >= 0.3 is 0 Å². The number of rotatable bonds is 1. The molecule has 0 heterocycles. The van der Waals surface area contributed by atoms with Gasteiger partial charge in [0.15, 0.2) is 0 Å². The van der Waals surface area contributed by atoms with Crippen LogP contribution in [0.2, 0.25) is 0 Å². The molecule has 84 valence electrons. The monoisotopic (exact) mass is 214 g/mol. The highest BCUT2D eigenvalue weighted by atomic mass is 16.3. The number of allylic oxidation sites excluding steroid dienone is 2. The second-order valence-electron chi connectivity index (χ2n) is 4.36. The zero-order chi connectivity index (χ0) is 11.2. The molecule has 1 atom stereocenters. The summed E-state index contributed by atoms with van der Waals surface area (Å²) in [7, 11) is 0. The zero-order valence-electron chi connectivity index (χ0n) is 9.52. The highest BCUT2D eigenvalue weighted by molar-refractivity contribution is 5.29. The lowest BCUT2D eigenvalue weighted by Gasteiger charge is -2.16. The van der Waals surface area contributed by atoms with Crippen molar-refractivity contribution in [3.8, 4) is 0 Å². The maximum Gasteiger partial charge on any atom is 0.0465 e. The molecule has 0 amide bonds. The topological polar surface area (TPSA) is 20.2 Å². The van der Waals surface area contributed by atoms with Gasteiger partial charge in [-0.05, 0) is 49.1 Å². The van der Waals surface area contributed by atoms with Gasteiger partial charge in [0.25, 0.3) is 0 Å². The molecule has 1 unspecified atom stereocenters. The van der Waals surface area contributed by atoms with E-state index >= 15 is 0 Å². The van der Waals surface area contributed by atoms with Crippen LogP contribution in [0.4, 0.5) is 0 Å². The van der Waals surface area contributed by atoms with E-state index in [1.807, 2.05) is 0 Å². The Morgan fingerprint density at radius 2 is 2.00 bits per heavy atom. The highest BCUT2D eigenvalue weighted by Gasteiger charge is 2.10. The van der Waals surface area contributed by atoms with E-state index in [0.29, 0.717) is 5.92 Å². The minimum Gasteiger partial charge on any atom is -0.396 e. The number of hydrogen-bond acceptors (Lipinski definition) is 1. The molecule has 0 saturated carbocycles. The van der Waals surface area contributed by atoms with Gasteiger partial charge in [-0.1, -0.05) is 36.4 Å². The van der Waals surface area contributed by atoms with Crippen LogP contribution in [-0.4, -0.2) is 11.7 Å². The molecule has 0 aromatic heterocycles. The lowest BCUT2D eigenvalue weighted by atomic mass is 9.90. The molecular weight excluding hydrogens is 196 g/mol. The summed E-state index contributed by atoms with van der Waals surface area (Å²) in [6.45, 7) is 0.270. The number of aliphatic hydroxyl groups is 1. The first-order valence-electron chi connectivity index (χ1n) is 5.93. The number of hydrogen-bond donors (Lipinski definition) is 1. The predicted molar refractivity (Wildman–Crippen MR) is 66.0 cm³/mol. The molecule has 0 aliphatic heterocycles. The summed E-state index contributed by atoms with van der Waals surface area (Å²) in [5.41, 5.74) is 2.72. The second-order valence-corrected chi connectivity index (χ2v) is 4.36. The molecule has 1 aromatic carbocycles. The van der Waals surface area contributed by atoms with Crippen molar-refractivity contribution < 1.29 is 5.11 Å². The molecule has 16 heavy (non-hydrogen) atoms. The van der Waals surface area contributed by atoms with Crippen molar-refractivity contribution in [2.45, 2.75) is 25.7 Å². The molecule has 1 aliphatic carbocycles. The average molecular weight is 214 g/mol. The molecule has 0 spiro atoms. The largest absolute Gasteiger partial charge is 0.396 e. The molecule has 0 fully saturated rings. The Morgan fingerprint density at radius 3 is 2.81 bits per heavy atom. The van der Waals surface area contributed by atoms with Crippen LogP contribution >= 0.6 is 0 Å². The average Bonchev–Trinajstić information content (AvgIpc) is 2.34. The predicted octanol–water partition coefficient (Wildman–Crippen LogP) is 2.81. The molecular formula is C15H18O. The maximum absolute atomic E-state index is 9.35. The molecule has 1 nitrogen and oxygen atoms in total. The van der Waals surface area contributed by atoms with Gasteiger partial charge in [-0.3, -0.25) is 0 Å². The molecule has 1 heteroatoms. The summed E-state index contributed by atoms with van der Waals surface area (Å²) >= 11 is 0. The molecule has 2 rings (SSSR count). The zero-order valence-corrected chi connectivity index (χ0v) is 9.52. The van der Waals surface area contributed by atoms with E-state index in [1.165, 1.54) is 11.1 Å². The van der Waals surface area contributed by atoms with Crippen LogP contribution in [0.3, 0.4) is 0 Å². The van der Waals surface area contributed by atoms with Crippen LogP contribution in [0.15, 0.2) is 36.4 Å². The van der Waals surface area contributed by atoms with Crippen LogP contribution in [0.5, 0.6) is 0 Å². The highest BCUT2D eigenvalue weighted by Crippen LogP contribution is 2.19. The number of aliphatic hydroxyl groups excluding tert-OH is 1. The summed E-state index contributed by atoms with van der Waals surface area (Å²) in [5.74, 6) is 0.357. The Labute approximate surface area is 97.8 Å². The Balaban J connectivity index is 2.19. The lowest BCUT2D eigenvalue weighted by Crippen LogP contribution is -2.11. The van der Waals surface area contributed by atoms with Crippen LogP contribution in [0.1, 0.15) is 24.0 Å². The Kier molecular flexibility index (Phi) is 4.17. The molecule has 0 bridgehead atoms. The molecule has 1 aliphatic rings. The molecule has 0 saturated heterocycles. The summed E-state index contributed by atoms with van der Waals surface area (Å²) in [6.07, 6.45) is 11.5. The van der Waals surface area contributed by atoms with E-state index in [0.717, 1.165) is 25.7 Å². The molecule has 1 aromatic rings. The van der Waals surface area contributed by atoms with Gasteiger partial charge < -0.3 is 5.11 Å². The van der Waals surface area contributed by atoms with Crippen LogP contribution in [0, 0.1) is 12.3 Å². The van der Waals surface area contributed by atoms with Gasteiger partial charge in [0.2, 0.25) is 0 Å². The first-order chi connectivity index (χ1) is 7.90. The number of fused-ring (bicyclic) bond motifs is 1. The third kappa shape index (κ3) is 2.96. The molecule has 2 radical (unpaired) electrons. The van der Waals surface area contributed by atoms with E-state index in [4.69, 9.17) is 0 Å². The van der Waals surface area contributed by atoms with Crippen molar-refractivity contribution in [2.24, 2.45) is 5.92 Å². The van der Waals surface area contributed by atoms with Crippen LogP contribution in [-0.2, 0) is 12.8 Å². The summed E-state index contributed by atoms with van der Waals surface area (Å²) in [6, 6.07) is 8.50. The third-order valence-electron chi connectivity index (χ3n) is 3.10. The minimum atomic E-state index is 0.270. The Hall–Kier alpha value is -1.08. The fourth-order valence-electron chi connectivity index (χ4n) is 2.12. The van der Waals surface area contributed by atoms with Gasteiger partial charge in [0.1, 0.15) is 0 Å². The molecule has 1 N–H and O–H groups in total. The smallest absolute Gasteiger partial charge is 0.0465 e. The summed E-state index contributed by atoms with van der Waals surface area (Å²) in [5, 5.41) is 9.35. The minimum absolute atomic E-state index is 0.270. The van der Waals surface area contributed by atoms with Gasteiger partial charge in [0.05, 0.1) is 0 Å². The summed E-state index contributed by atoms with van der Waals surface area (Å²) < 4.78 is 0. The van der Waals surface area contributed by atoms with Crippen molar-refractivity contribution in [1.82, 2.24) is 0 Å². The fraction of sp³-hybridized carbons (Fsp3) is 0.400. The first kappa shape index (κ1) is 11.4. The van der Waals surface area contributed by atoms with E-state index in [9.17, 15) is 5.11 Å². The van der Waals surface area contributed by atoms with E-state index in [2.05, 4.69) is 42.8 Å². The van der Waals surface area contributed by atoms with Crippen molar-refractivity contribution in [2.75, 3.05) is 6.61 Å². The van der Waals surface area contributed by atoms with Crippen molar-refractivity contribution in [3.05, 3.63) is 54.0 Å². The van der Waals surface area contributed by atoms with E-state index < -0.39 is 0 Å². The van der Waals surface area contributed by atoms with Crippen LogP contribution in [0.25, 0.3) is 0 Å². The Morgan fingerprint density at radius 1 is 1.19 bits per heavy atom. The SMILES string of the molecule is OCC1C/C=C\C[C]Cc2ccccc2C1. The van der Waals surface area contributed by atoms with Gasteiger partial charge in [-0.25, -0.2) is 0 Å². The maximum atomic E-state index is 9.35. The van der Waals surface area contributed by atoms with Crippen LogP contribution < -0.4 is 0 Å². The van der Waals surface area contributed by atoms with Gasteiger partial charge in [-0.2, -0.15) is 0 Å².